The van der Waals surface area contributed by atoms with E-state index in [1.165, 1.54) is 12.1 Å². The highest BCUT2D eigenvalue weighted by Crippen LogP contribution is 2.47. The van der Waals surface area contributed by atoms with Gasteiger partial charge in [0.15, 0.2) is 0 Å². The van der Waals surface area contributed by atoms with Crippen molar-refractivity contribution in [3.8, 4) is 0 Å². The van der Waals surface area contributed by atoms with Gasteiger partial charge in [-0.3, -0.25) is 4.79 Å². The fraction of sp³-hybridized carbons (Fsp3) is 0.250. The number of fused-ring (bicyclic) bond motifs is 1. The number of benzene rings is 1. The number of hydrogen-bond acceptors (Lipinski definition) is 1. The molecule has 0 saturated heterocycles. The van der Waals surface area contributed by atoms with Crippen molar-refractivity contribution in [3.63, 3.8) is 0 Å². The second-order valence-electron chi connectivity index (χ2n) is 4.24. The molecular formula is C12H10FNO2. The largest absolute Gasteiger partial charge is 0.481 e. The van der Waals surface area contributed by atoms with Gasteiger partial charge in [-0.1, -0.05) is 0 Å². The molecule has 1 fully saturated rings. The number of nitrogens with one attached hydrogen (secondary N) is 1. The lowest BCUT2D eigenvalue weighted by Gasteiger charge is -1.91. The SMILES string of the molecule is O=C(O)[C@@H]1C[C@H]1c1cc2cc(F)ccc2[nH]1. The summed E-state index contributed by atoms with van der Waals surface area (Å²) in [6.45, 7) is 0. The van der Waals surface area contributed by atoms with Crippen molar-refractivity contribution >= 4 is 16.9 Å². The van der Waals surface area contributed by atoms with Crippen molar-refractivity contribution in [1.29, 1.82) is 0 Å². The monoisotopic (exact) mass is 219 g/mol. The third-order valence-electron chi connectivity index (χ3n) is 3.11. The van der Waals surface area contributed by atoms with E-state index in [2.05, 4.69) is 4.98 Å². The highest BCUT2D eigenvalue weighted by atomic mass is 19.1. The molecule has 0 amide bonds. The third kappa shape index (κ3) is 1.38. The van der Waals surface area contributed by atoms with Crippen LogP contribution in [0.4, 0.5) is 4.39 Å². The van der Waals surface area contributed by atoms with Gasteiger partial charge in [0.05, 0.1) is 5.92 Å². The highest BCUT2D eigenvalue weighted by Gasteiger charge is 2.45. The summed E-state index contributed by atoms with van der Waals surface area (Å²) in [6.07, 6.45) is 0.671. The maximum absolute atomic E-state index is 13.0. The van der Waals surface area contributed by atoms with Crippen molar-refractivity contribution in [1.82, 2.24) is 4.98 Å². The highest BCUT2D eigenvalue weighted by molar-refractivity contribution is 5.82. The minimum atomic E-state index is -0.755. The molecule has 4 heteroatoms. The molecule has 2 atom stereocenters. The van der Waals surface area contributed by atoms with E-state index < -0.39 is 5.97 Å². The van der Waals surface area contributed by atoms with E-state index in [0.717, 1.165) is 16.6 Å². The second-order valence-corrected chi connectivity index (χ2v) is 4.24. The Kier molecular flexibility index (Phi) is 1.80. The lowest BCUT2D eigenvalue weighted by Crippen LogP contribution is -1.98. The quantitative estimate of drug-likeness (QED) is 0.815. The van der Waals surface area contributed by atoms with Gasteiger partial charge in [-0.15, -0.1) is 0 Å². The van der Waals surface area contributed by atoms with E-state index >= 15 is 0 Å². The van der Waals surface area contributed by atoms with Gasteiger partial charge in [0, 0.05) is 22.5 Å². The number of hydrogen-bond donors (Lipinski definition) is 2. The molecule has 0 bridgehead atoms. The van der Waals surface area contributed by atoms with E-state index in [4.69, 9.17) is 5.11 Å². The van der Waals surface area contributed by atoms with Crippen LogP contribution >= 0.6 is 0 Å². The molecule has 1 saturated carbocycles. The van der Waals surface area contributed by atoms with Gasteiger partial charge < -0.3 is 10.1 Å². The Morgan fingerprint density at radius 1 is 1.44 bits per heavy atom. The minimum absolute atomic E-state index is 0.0629. The molecule has 82 valence electrons. The Balaban J connectivity index is 1.98. The van der Waals surface area contributed by atoms with E-state index in [1.807, 2.05) is 6.07 Å². The lowest BCUT2D eigenvalue weighted by molar-refractivity contribution is -0.138. The number of H-pyrrole nitrogens is 1. The van der Waals surface area contributed by atoms with Crippen LogP contribution in [-0.2, 0) is 4.79 Å². The summed E-state index contributed by atoms with van der Waals surface area (Å²) < 4.78 is 13.0. The maximum Gasteiger partial charge on any atom is 0.307 e. The van der Waals surface area contributed by atoms with Gasteiger partial charge in [0.25, 0.3) is 0 Å². The zero-order chi connectivity index (χ0) is 11.3. The maximum atomic E-state index is 13.0. The van der Waals surface area contributed by atoms with Crippen LogP contribution in [0.3, 0.4) is 0 Å². The van der Waals surface area contributed by atoms with E-state index in [-0.39, 0.29) is 17.7 Å². The summed E-state index contributed by atoms with van der Waals surface area (Å²) in [5.41, 5.74) is 1.75. The Bertz CT molecular complexity index is 575. The molecule has 1 aliphatic carbocycles. The van der Waals surface area contributed by atoms with Crippen molar-refractivity contribution in [2.24, 2.45) is 5.92 Å². The molecule has 2 N–H and O–H groups in total. The summed E-state index contributed by atoms with van der Waals surface area (Å²) >= 11 is 0. The number of carboxylic acid groups (broad SMARTS) is 1. The number of carbonyl (C=O) groups is 1. The van der Waals surface area contributed by atoms with Crippen molar-refractivity contribution in [2.45, 2.75) is 12.3 Å². The first kappa shape index (κ1) is 9.39. The average molecular weight is 219 g/mol. The number of aliphatic carboxylic acids is 1. The number of rotatable bonds is 2. The minimum Gasteiger partial charge on any atom is -0.481 e. The number of aromatic nitrogens is 1. The molecule has 0 unspecified atom stereocenters. The molecule has 3 nitrogen and oxygen atoms in total. The third-order valence-corrected chi connectivity index (χ3v) is 3.11. The molecule has 0 aliphatic heterocycles. The van der Waals surface area contributed by atoms with Gasteiger partial charge in [-0.2, -0.15) is 0 Å². The Morgan fingerprint density at radius 3 is 2.94 bits per heavy atom. The second kappa shape index (κ2) is 3.07. The molecule has 2 aromatic rings. The molecule has 0 radical (unpaired) electrons. The fourth-order valence-electron chi connectivity index (χ4n) is 2.14. The molecule has 16 heavy (non-hydrogen) atoms. The first-order valence-corrected chi connectivity index (χ1v) is 5.16. The zero-order valence-corrected chi connectivity index (χ0v) is 8.40. The average Bonchev–Trinajstić information content (AvgIpc) is 2.93. The summed E-state index contributed by atoms with van der Waals surface area (Å²) in [4.78, 5) is 13.9. The van der Waals surface area contributed by atoms with Gasteiger partial charge in [-0.25, -0.2) is 4.39 Å². The lowest BCUT2D eigenvalue weighted by atomic mass is 10.2. The zero-order valence-electron chi connectivity index (χ0n) is 8.40. The van der Waals surface area contributed by atoms with Crippen molar-refractivity contribution in [3.05, 3.63) is 35.8 Å². The number of halogens is 1. The summed E-state index contributed by atoms with van der Waals surface area (Å²) in [5.74, 6) is -1.25. The van der Waals surface area contributed by atoms with E-state index in [0.29, 0.717) is 6.42 Å². The smallest absolute Gasteiger partial charge is 0.307 e. The normalized spacial score (nSPS) is 23.6. The molecular weight excluding hydrogens is 209 g/mol. The van der Waals surface area contributed by atoms with Gasteiger partial charge in [0.2, 0.25) is 0 Å². The molecule has 1 aromatic carbocycles. The van der Waals surface area contributed by atoms with Gasteiger partial charge in [0.1, 0.15) is 5.82 Å². The van der Waals surface area contributed by atoms with Crippen LogP contribution in [0.1, 0.15) is 18.0 Å². The van der Waals surface area contributed by atoms with E-state index in [1.54, 1.807) is 6.07 Å². The molecule has 1 heterocycles. The predicted octanol–water partition coefficient (Wildman–Crippen LogP) is 2.50. The van der Waals surface area contributed by atoms with Crippen LogP contribution in [-0.4, -0.2) is 16.1 Å². The number of carboxylic acids is 1. The topological polar surface area (TPSA) is 53.1 Å². The van der Waals surface area contributed by atoms with Crippen LogP contribution in [0.2, 0.25) is 0 Å². The Labute approximate surface area is 90.9 Å². The first-order valence-electron chi connectivity index (χ1n) is 5.16. The van der Waals surface area contributed by atoms with Crippen molar-refractivity contribution in [2.75, 3.05) is 0 Å². The Morgan fingerprint density at radius 2 is 2.25 bits per heavy atom. The molecule has 1 aromatic heterocycles. The van der Waals surface area contributed by atoms with Crippen LogP contribution in [0.25, 0.3) is 10.9 Å². The standard InChI is InChI=1S/C12H10FNO2/c13-7-1-2-10-6(3-7)4-11(14-10)8-5-9(8)12(15)16/h1-4,8-9,14H,5H2,(H,15,16)/t8-,9-/m1/s1. The summed E-state index contributed by atoms with van der Waals surface area (Å²) in [6, 6.07) is 6.36. The summed E-state index contributed by atoms with van der Waals surface area (Å²) in [5, 5.41) is 9.63. The first-order chi connectivity index (χ1) is 7.65. The summed E-state index contributed by atoms with van der Waals surface area (Å²) in [7, 11) is 0. The van der Waals surface area contributed by atoms with Gasteiger partial charge in [-0.05, 0) is 30.7 Å². The van der Waals surface area contributed by atoms with Crippen LogP contribution in [0.15, 0.2) is 24.3 Å². The van der Waals surface area contributed by atoms with Gasteiger partial charge >= 0.3 is 5.97 Å². The molecule has 1 aliphatic rings. The molecule has 0 spiro atoms. The Hall–Kier alpha value is -1.84. The van der Waals surface area contributed by atoms with Crippen molar-refractivity contribution < 1.29 is 14.3 Å². The van der Waals surface area contributed by atoms with E-state index in [9.17, 15) is 9.18 Å². The fourth-order valence-corrected chi connectivity index (χ4v) is 2.14. The van der Waals surface area contributed by atoms with Crippen LogP contribution in [0, 0.1) is 11.7 Å². The molecule has 3 rings (SSSR count). The van der Waals surface area contributed by atoms with Crippen LogP contribution < -0.4 is 0 Å². The predicted molar refractivity (Wildman–Crippen MR) is 56.7 cm³/mol. The van der Waals surface area contributed by atoms with Crippen LogP contribution in [0.5, 0.6) is 0 Å². The number of aromatic amines is 1.